The number of halogens is 3. The second-order valence-corrected chi connectivity index (χ2v) is 7.68. The van der Waals surface area contributed by atoms with Gasteiger partial charge in [-0.25, -0.2) is 8.42 Å². The largest absolute Gasteiger partial charge is 0.501 e. The van der Waals surface area contributed by atoms with E-state index in [4.69, 9.17) is 0 Å². The summed E-state index contributed by atoms with van der Waals surface area (Å²) in [6.07, 6.45) is 1.12. The summed E-state index contributed by atoms with van der Waals surface area (Å²) in [5, 5.41) is 3.11. The third-order valence-electron chi connectivity index (χ3n) is 3.09. The van der Waals surface area contributed by atoms with Gasteiger partial charge in [-0.3, -0.25) is 0 Å². The van der Waals surface area contributed by atoms with Gasteiger partial charge in [0.1, 0.15) is 0 Å². The summed E-state index contributed by atoms with van der Waals surface area (Å²) in [4.78, 5) is -0.730. The molecule has 1 aliphatic heterocycles. The zero-order chi connectivity index (χ0) is 14.8. The quantitative estimate of drug-likeness (QED) is 0.924. The number of hydrogen-bond donors (Lipinski definition) is 1. The average molecular weight is 325 g/mol. The summed E-state index contributed by atoms with van der Waals surface area (Å²) in [5.41, 5.74) is -4.63. The molecular formula is C12H14F3NO2S2. The van der Waals surface area contributed by atoms with Crippen molar-refractivity contribution in [2.24, 2.45) is 5.92 Å². The van der Waals surface area contributed by atoms with Gasteiger partial charge in [0.15, 0.2) is 0 Å². The molecule has 3 nitrogen and oxygen atoms in total. The maximum Gasteiger partial charge on any atom is 0.501 e. The summed E-state index contributed by atoms with van der Waals surface area (Å²) in [5.74, 6) is 2.77. The highest BCUT2D eigenvalue weighted by molar-refractivity contribution is 7.99. The molecule has 0 spiro atoms. The van der Waals surface area contributed by atoms with E-state index < -0.39 is 20.2 Å². The van der Waals surface area contributed by atoms with Crippen LogP contribution in [-0.4, -0.2) is 32.0 Å². The van der Waals surface area contributed by atoms with Gasteiger partial charge in [-0.1, -0.05) is 0 Å². The van der Waals surface area contributed by atoms with Crippen molar-refractivity contribution in [3.63, 3.8) is 0 Å². The highest BCUT2D eigenvalue weighted by Gasteiger charge is 2.46. The topological polar surface area (TPSA) is 46.2 Å². The third-order valence-corrected chi connectivity index (χ3v) is 5.82. The van der Waals surface area contributed by atoms with Crippen molar-refractivity contribution in [1.29, 1.82) is 0 Å². The molecule has 0 saturated carbocycles. The van der Waals surface area contributed by atoms with Crippen LogP contribution in [0.25, 0.3) is 0 Å². The number of sulfone groups is 1. The number of anilines is 1. The molecule has 1 aromatic carbocycles. The van der Waals surface area contributed by atoms with Gasteiger partial charge in [0.25, 0.3) is 9.84 Å². The molecule has 1 fully saturated rings. The van der Waals surface area contributed by atoms with E-state index in [1.165, 1.54) is 12.1 Å². The van der Waals surface area contributed by atoms with Gasteiger partial charge in [-0.15, -0.1) is 0 Å². The molecule has 1 N–H and O–H groups in total. The highest BCUT2D eigenvalue weighted by Crippen LogP contribution is 2.31. The first-order valence-corrected chi connectivity index (χ1v) is 8.67. The molecule has 0 radical (unpaired) electrons. The van der Waals surface area contributed by atoms with Gasteiger partial charge >= 0.3 is 5.51 Å². The van der Waals surface area contributed by atoms with Crippen LogP contribution >= 0.6 is 11.8 Å². The lowest BCUT2D eigenvalue weighted by molar-refractivity contribution is -0.0436. The van der Waals surface area contributed by atoms with Crippen LogP contribution in [0.3, 0.4) is 0 Å². The summed E-state index contributed by atoms with van der Waals surface area (Å²) < 4.78 is 59.5. The molecule has 112 valence electrons. The zero-order valence-corrected chi connectivity index (χ0v) is 12.1. The molecule has 2 rings (SSSR count). The fourth-order valence-electron chi connectivity index (χ4n) is 1.89. The van der Waals surface area contributed by atoms with E-state index in [-0.39, 0.29) is 0 Å². The SMILES string of the molecule is O=S(=O)(c1ccc(NCC2CCSC2)cc1)C(F)(F)F. The Kier molecular flexibility index (Phi) is 4.53. The number of alkyl halides is 3. The Morgan fingerprint density at radius 2 is 1.90 bits per heavy atom. The van der Waals surface area contributed by atoms with Crippen LogP contribution in [0.1, 0.15) is 6.42 Å². The number of nitrogens with one attached hydrogen (secondary N) is 1. The fourth-order valence-corrected chi connectivity index (χ4v) is 3.94. The van der Waals surface area contributed by atoms with Crippen molar-refractivity contribution >= 4 is 27.3 Å². The summed E-state index contributed by atoms with van der Waals surface area (Å²) in [6.45, 7) is 0.748. The third kappa shape index (κ3) is 3.41. The number of rotatable bonds is 4. The zero-order valence-electron chi connectivity index (χ0n) is 10.5. The lowest BCUT2D eigenvalue weighted by Gasteiger charge is -2.12. The second-order valence-electron chi connectivity index (χ2n) is 4.58. The van der Waals surface area contributed by atoms with E-state index in [9.17, 15) is 21.6 Å². The lowest BCUT2D eigenvalue weighted by atomic mass is 10.1. The van der Waals surface area contributed by atoms with Crippen molar-refractivity contribution in [1.82, 2.24) is 0 Å². The van der Waals surface area contributed by atoms with Crippen LogP contribution in [0.2, 0.25) is 0 Å². The van der Waals surface area contributed by atoms with E-state index in [2.05, 4.69) is 5.32 Å². The van der Waals surface area contributed by atoms with E-state index in [1.54, 1.807) is 0 Å². The van der Waals surface area contributed by atoms with Crippen molar-refractivity contribution in [3.05, 3.63) is 24.3 Å². The summed E-state index contributed by atoms with van der Waals surface area (Å²) >= 11 is 1.88. The first-order chi connectivity index (χ1) is 9.30. The summed E-state index contributed by atoms with van der Waals surface area (Å²) in [7, 11) is -5.25. The Balaban J connectivity index is 2.03. The predicted octanol–water partition coefficient (Wildman–Crippen LogP) is 3.15. The predicted molar refractivity (Wildman–Crippen MR) is 73.6 cm³/mol. The Morgan fingerprint density at radius 3 is 2.40 bits per heavy atom. The van der Waals surface area contributed by atoms with Gasteiger partial charge in [0.2, 0.25) is 0 Å². The van der Waals surface area contributed by atoms with Gasteiger partial charge in [-0.2, -0.15) is 24.9 Å². The van der Waals surface area contributed by atoms with E-state index in [0.29, 0.717) is 11.6 Å². The lowest BCUT2D eigenvalue weighted by Crippen LogP contribution is -2.23. The van der Waals surface area contributed by atoms with E-state index in [0.717, 1.165) is 36.6 Å². The van der Waals surface area contributed by atoms with Crippen LogP contribution in [0.5, 0.6) is 0 Å². The van der Waals surface area contributed by atoms with Crippen molar-refractivity contribution in [3.8, 4) is 0 Å². The highest BCUT2D eigenvalue weighted by atomic mass is 32.2. The van der Waals surface area contributed by atoms with Crippen molar-refractivity contribution in [2.75, 3.05) is 23.4 Å². The smallest absolute Gasteiger partial charge is 0.385 e. The van der Waals surface area contributed by atoms with Gasteiger partial charge < -0.3 is 5.32 Å². The molecule has 0 aliphatic carbocycles. The molecule has 0 aromatic heterocycles. The molecule has 20 heavy (non-hydrogen) atoms. The molecule has 0 amide bonds. The number of benzene rings is 1. The van der Waals surface area contributed by atoms with Crippen molar-refractivity contribution in [2.45, 2.75) is 16.8 Å². The Labute approximate surface area is 119 Å². The normalized spacial score (nSPS) is 20.1. The van der Waals surface area contributed by atoms with E-state index in [1.807, 2.05) is 11.8 Å². The number of thioether (sulfide) groups is 1. The molecule has 8 heteroatoms. The molecule has 1 saturated heterocycles. The molecule has 0 bridgehead atoms. The maximum absolute atomic E-state index is 12.4. The van der Waals surface area contributed by atoms with Crippen LogP contribution in [-0.2, 0) is 9.84 Å². The van der Waals surface area contributed by atoms with Gasteiger partial charge in [0, 0.05) is 12.2 Å². The molecule has 1 unspecified atom stereocenters. The Hall–Kier alpha value is -0.890. The van der Waals surface area contributed by atoms with Gasteiger partial charge in [-0.05, 0) is 48.1 Å². The molecule has 1 atom stereocenters. The standard InChI is InChI=1S/C12H14F3NO2S2/c13-12(14,15)20(17,18)11-3-1-10(2-4-11)16-7-9-5-6-19-8-9/h1-4,9,16H,5-8H2. The molecule has 1 heterocycles. The molecule has 1 aliphatic rings. The molecule has 1 aromatic rings. The fraction of sp³-hybridized carbons (Fsp3) is 0.500. The average Bonchev–Trinajstić information content (AvgIpc) is 2.88. The van der Waals surface area contributed by atoms with Crippen LogP contribution in [0, 0.1) is 5.92 Å². The number of hydrogen-bond acceptors (Lipinski definition) is 4. The second kappa shape index (κ2) is 5.85. The van der Waals surface area contributed by atoms with Gasteiger partial charge in [0.05, 0.1) is 4.90 Å². The maximum atomic E-state index is 12.4. The van der Waals surface area contributed by atoms with Crippen LogP contribution in [0.4, 0.5) is 18.9 Å². The van der Waals surface area contributed by atoms with Crippen LogP contribution in [0.15, 0.2) is 29.2 Å². The minimum atomic E-state index is -5.26. The molecular weight excluding hydrogens is 311 g/mol. The minimum Gasteiger partial charge on any atom is -0.385 e. The van der Waals surface area contributed by atoms with Crippen LogP contribution < -0.4 is 5.32 Å². The van der Waals surface area contributed by atoms with E-state index >= 15 is 0 Å². The Morgan fingerprint density at radius 1 is 1.25 bits per heavy atom. The summed E-state index contributed by atoms with van der Waals surface area (Å²) in [6, 6.07) is 4.69. The Bertz CT molecular complexity index is 549. The minimum absolute atomic E-state index is 0.554. The van der Waals surface area contributed by atoms with Crippen molar-refractivity contribution < 1.29 is 21.6 Å². The first kappa shape index (κ1) is 15.5. The monoisotopic (exact) mass is 325 g/mol. The first-order valence-electron chi connectivity index (χ1n) is 6.04.